The van der Waals surface area contributed by atoms with Crippen LogP contribution in [-0.4, -0.2) is 23.4 Å². The second kappa shape index (κ2) is 5.57. The maximum absolute atomic E-state index is 4.72. The van der Waals surface area contributed by atoms with E-state index in [1.807, 2.05) is 18.8 Å². The molecule has 0 fully saturated rings. The number of rotatable bonds is 4. The number of hydrogen-bond acceptors (Lipinski definition) is 2. The van der Waals surface area contributed by atoms with E-state index in [0.717, 1.165) is 18.7 Å². The molecule has 0 bridgehead atoms. The van der Waals surface area contributed by atoms with Crippen LogP contribution in [0.25, 0.3) is 11.3 Å². The molecule has 2 rings (SSSR count). The molecule has 102 valence electrons. The summed E-state index contributed by atoms with van der Waals surface area (Å²) >= 11 is 0. The number of hydrogen-bond donors (Lipinski definition) is 1. The standard InChI is InChI=1S/C16H23N3/c1-11-6-7-12(2)14(10-11)16-13(3)15(8-9-17-4)19(5)18-16/h6-7,10,17H,8-9H2,1-5H3. The van der Waals surface area contributed by atoms with Gasteiger partial charge in [-0.2, -0.15) is 5.10 Å². The van der Waals surface area contributed by atoms with Gasteiger partial charge in [0.15, 0.2) is 0 Å². The van der Waals surface area contributed by atoms with Gasteiger partial charge in [-0.1, -0.05) is 17.7 Å². The van der Waals surface area contributed by atoms with Crippen molar-refractivity contribution in [3.05, 3.63) is 40.6 Å². The maximum Gasteiger partial charge on any atom is 0.0957 e. The highest BCUT2D eigenvalue weighted by Crippen LogP contribution is 2.28. The van der Waals surface area contributed by atoms with E-state index in [4.69, 9.17) is 5.10 Å². The van der Waals surface area contributed by atoms with Crippen molar-refractivity contribution in [1.29, 1.82) is 0 Å². The Morgan fingerprint density at radius 3 is 2.63 bits per heavy atom. The van der Waals surface area contributed by atoms with Crippen LogP contribution in [0.2, 0.25) is 0 Å². The molecule has 0 spiro atoms. The monoisotopic (exact) mass is 257 g/mol. The summed E-state index contributed by atoms with van der Waals surface area (Å²) in [4.78, 5) is 0. The van der Waals surface area contributed by atoms with Crippen LogP contribution >= 0.6 is 0 Å². The zero-order valence-corrected chi connectivity index (χ0v) is 12.5. The third-order valence-corrected chi connectivity index (χ3v) is 3.69. The van der Waals surface area contributed by atoms with Crippen LogP contribution in [0.15, 0.2) is 18.2 Å². The van der Waals surface area contributed by atoms with Crippen molar-refractivity contribution in [1.82, 2.24) is 15.1 Å². The van der Waals surface area contributed by atoms with E-state index in [1.165, 1.54) is 27.9 Å². The minimum Gasteiger partial charge on any atom is -0.319 e. The molecule has 0 aliphatic carbocycles. The fourth-order valence-corrected chi connectivity index (χ4v) is 2.50. The van der Waals surface area contributed by atoms with E-state index >= 15 is 0 Å². The van der Waals surface area contributed by atoms with Crippen molar-refractivity contribution >= 4 is 0 Å². The van der Waals surface area contributed by atoms with Crippen molar-refractivity contribution in [2.75, 3.05) is 13.6 Å². The lowest BCUT2D eigenvalue weighted by Crippen LogP contribution is -2.13. The second-order valence-corrected chi connectivity index (χ2v) is 5.22. The van der Waals surface area contributed by atoms with E-state index in [-0.39, 0.29) is 0 Å². The fourth-order valence-electron chi connectivity index (χ4n) is 2.50. The zero-order chi connectivity index (χ0) is 14.0. The average Bonchev–Trinajstić information content (AvgIpc) is 2.66. The van der Waals surface area contributed by atoms with E-state index in [0.29, 0.717) is 0 Å². The Hall–Kier alpha value is -1.61. The third kappa shape index (κ3) is 2.71. The van der Waals surface area contributed by atoms with Gasteiger partial charge >= 0.3 is 0 Å². The van der Waals surface area contributed by atoms with Gasteiger partial charge in [-0.15, -0.1) is 0 Å². The molecule has 19 heavy (non-hydrogen) atoms. The molecule has 0 aliphatic rings. The zero-order valence-electron chi connectivity index (χ0n) is 12.5. The van der Waals surface area contributed by atoms with Gasteiger partial charge in [0.2, 0.25) is 0 Å². The molecular formula is C16H23N3. The Balaban J connectivity index is 2.48. The van der Waals surface area contributed by atoms with Gasteiger partial charge in [0, 0.05) is 31.3 Å². The van der Waals surface area contributed by atoms with Crippen LogP contribution in [0, 0.1) is 20.8 Å². The maximum atomic E-state index is 4.72. The molecule has 3 nitrogen and oxygen atoms in total. The van der Waals surface area contributed by atoms with Crippen LogP contribution in [0.5, 0.6) is 0 Å². The number of nitrogens with zero attached hydrogens (tertiary/aromatic N) is 2. The van der Waals surface area contributed by atoms with Crippen LogP contribution in [0.3, 0.4) is 0 Å². The lowest BCUT2D eigenvalue weighted by molar-refractivity contribution is 0.680. The van der Waals surface area contributed by atoms with Gasteiger partial charge in [-0.3, -0.25) is 4.68 Å². The largest absolute Gasteiger partial charge is 0.319 e. The molecule has 0 saturated carbocycles. The summed E-state index contributed by atoms with van der Waals surface area (Å²) in [5.74, 6) is 0. The van der Waals surface area contributed by atoms with Gasteiger partial charge in [-0.05, 0) is 45.0 Å². The lowest BCUT2D eigenvalue weighted by atomic mass is 9.99. The minimum atomic E-state index is 0.979. The third-order valence-electron chi connectivity index (χ3n) is 3.69. The van der Waals surface area contributed by atoms with Crippen molar-refractivity contribution in [3.8, 4) is 11.3 Å². The molecule has 0 saturated heterocycles. The minimum absolute atomic E-state index is 0.979. The van der Waals surface area contributed by atoms with E-state index in [9.17, 15) is 0 Å². The van der Waals surface area contributed by atoms with Gasteiger partial charge in [0.1, 0.15) is 0 Å². The van der Waals surface area contributed by atoms with Gasteiger partial charge in [0.25, 0.3) is 0 Å². The SMILES string of the molecule is CNCCc1c(C)c(-c2cc(C)ccc2C)nn1C. The van der Waals surface area contributed by atoms with Crippen LogP contribution in [0.4, 0.5) is 0 Å². The average molecular weight is 257 g/mol. The number of nitrogens with one attached hydrogen (secondary N) is 1. The van der Waals surface area contributed by atoms with Gasteiger partial charge in [0.05, 0.1) is 5.69 Å². The van der Waals surface area contributed by atoms with Crippen molar-refractivity contribution < 1.29 is 0 Å². The van der Waals surface area contributed by atoms with Crippen LogP contribution in [0.1, 0.15) is 22.4 Å². The number of aryl methyl sites for hydroxylation is 3. The Morgan fingerprint density at radius 2 is 1.95 bits per heavy atom. The summed E-state index contributed by atoms with van der Waals surface area (Å²) in [6.07, 6.45) is 1.01. The normalized spacial score (nSPS) is 11.0. The quantitative estimate of drug-likeness (QED) is 0.912. The summed E-state index contributed by atoms with van der Waals surface area (Å²) in [6.45, 7) is 7.43. The molecule has 0 amide bonds. The number of likely N-dealkylation sites (N-methyl/N-ethyl adjacent to an activating group) is 1. The highest BCUT2D eigenvalue weighted by Gasteiger charge is 2.15. The van der Waals surface area contributed by atoms with Crippen molar-refractivity contribution in [2.45, 2.75) is 27.2 Å². The topological polar surface area (TPSA) is 29.9 Å². The molecule has 0 unspecified atom stereocenters. The Morgan fingerprint density at radius 1 is 1.21 bits per heavy atom. The number of aromatic nitrogens is 2. The predicted octanol–water partition coefficient (Wildman–Crippen LogP) is 2.77. The molecule has 0 radical (unpaired) electrons. The summed E-state index contributed by atoms with van der Waals surface area (Å²) in [5, 5.41) is 7.92. The first-order chi connectivity index (χ1) is 9.04. The first kappa shape index (κ1) is 13.8. The summed E-state index contributed by atoms with van der Waals surface area (Å²) in [5.41, 5.74) is 7.55. The van der Waals surface area contributed by atoms with Gasteiger partial charge in [-0.25, -0.2) is 0 Å². The molecule has 2 aromatic rings. The molecular weight excluding hydrogens is 234 g/mol. The van der Waals surface area contributed by atoms with Gasteiger partial charge < -0.3 is 5.32 Å². The highest BCUT2D eigenvalue weighted by atomic mass is 15.3. The van der Waals surface area contributed by atoms with Crippen LogP contribution in [-0.2, 0) is 13.5 Å². The summed E-state index contributed by atoms with van der Waals surface area (Å²) in [7, 11) is 4.02. The molecule has 1 aromatic heterocycles. The molecule has 1 aromatic carbocycles. The van der Waals surface area contributed by atoms with E-state index < -0.39 is 0 Å². The molecule has 0 atom stereocenters. The summed E-state index contributed by atoms with van der Waals surface area (Å²) < 4.78 is 2.02. The molecule has 1 heterocycles. The molecule has 0 aliphatic heterocycles. The van der Waals surface area contributed by atoms with E-state index in [2.05, 4.69) is 44.3 Å². The smallest absolute Gasteiger partial charge is 0.0957 e. The highest BCUT2D eigenvalue weighted by molar-refractivity contribution is 5.68. The first-order valence-electron chi connectivity index (χ1n) is 6.79. The van der Waals surface area contributed by atoms with Crippen molar-refractivity contribution in [3.63, 3.8) is 0 Å². The summed E-state index contributed by atoms with van der Waals surface area (Å²) in [6, 6.07) is 6.55. The van der Waals surface area contributed by atoms with Crippen molar-refractivity contribution in [2.24, 2.45) is 7.05 Å². The van der Waals surface area contributed by atoms with Crippen LogP contribution < -0.4 is 5.32 Å². The molecule has 1 N–H and O–H groups in total. The Labute approximate surface area is 115 Å². The Bertz CT molecular complexity index is 582. The second-order valence-electron chi connectivity index (χ2n) is 5.22. The first-order valence-corrected chi connectivity index (χ1v) is 6.79. The lowest BCUT2D eigenvalue weighted by Gasteiger charge is -2.06. The predicted molar refractivity (Wildman–Crippen MR) is 80.5 cm³/mol. The Kier molecular flexibility index (Phi) is 4.05. The van der Waals surface area contributed by atoms with E-state index in [1.54, 1.807) is 0 Å². The fraction of sp³-hybridized carbons (Fsp3) is 0.438. The molecule has 3 heteroatoms. The number of benzene rings is 1.